The van der Waals surface area contributed by atoms with Crippen LogP contribution in [0.15, 0.2) is 42.7 Å². The van der Waals surface area contributed by atoms with Crippen LogP contribution in [0.1, 0.15) is 33.4 Å². The lowest BCUT2D eigenvalue weighted by molar-refractivity contribution is 0.0529. The van der Waals surface area contributed by atoms with Crippen LogP contribution in [-0.2, 0) is 9.47 Å². The summed E-state index contributed by atoms with van der Waals surface area (Å²) in [7, 11) is 0. The summed E-state index contributed by atoms with van der Waals surface area (Å²) in [5, 5.41) is 1.53. The first-order chi connectivity index (χ1) is 12.6. The van der Waals surface area contributed by atoms with Crippen molar-refractivity contribution in [1.29, 1.82) is 0 Å². The Balaban J connectivity index is 0.000000500. The van der Waals surface area contributed by atoms with Crippen LogP contribution in [0.3, 0.4) is 0 Å². The van der Waals surface area contributed by atoms with Gasteiger partial charge in [-0.3, -0.25) is 4.98 Å². The van der Waals surface area contributed by atoms with Crippen molar-refractivity contribution < 1.29 is 9.47 Å². The molecule has 4 unspecified atom stereocenters. The lowest BCUT2D eigenvalue weighted by atomic mass is 10.1. The summed E-state index contributed by atoms with van der Waals surface area (Å²) in [5.41, 5.74) is 13.1. The molecule has 2 aliphatic rings. The molecule has 26 heavy (non-hydrogen) atoms. The number of hydrogen-bond acceptors (Lipinski definition) is 7. The minimum Gasteiger partial charge on any atom is -0.396 e. The second-order valence-corrected chi connectivity index (χ2v) is 5.74. The van der Waals surface area contributed by atoms with Crippen molar-refractivity contribution in [3.8, 4) is 0 Å². The summed E-state index contributed by atoms with van der Waals surface area (Å²) in [6.45, 7) is 8.98. The van der Waals surface area contributed by atoms with E-state index in [1.54, 1.807) is 12.4 Å². The molecule has 2 saturated heterocycles. The van der Waals surface area contributed by atoms with E-state index < -0.39 is 0 Å². The number of nitrogens with zero attached hydrogens (tertiary/aromatic N) is 2. The molecule has 146 valence electrons. The van der Waals surface area contributed by atoms with E-state index >= 15 is 0 Å². The molecular formula is C19H33N5O2. The smallest absolute Gasteiger partial charge is 0.109 e. The van der Waals surface area contributed by atoms with Crippen molar-refractivity contribution in [2.75, 3.05) is 13.2 Å². The van der Waals surface area contributed by atoms with E-state index in [-0.39, 0.29) is 24.3 Å². The number of aromatic nitrogens is 1. The van der Waals surface area contributed by atoms with Gasteiger partial charge in [0.25, 0.3) is 0 Å². The highest BCUT2D eigenvalue weighted by molar-refractivity contribution is 5.58. The summed E-state index contributed by atoms with van der Waals surface area (Å²) >= 11 is 0. The Hall–Kier alpha value is -1.93. The molecule has 1 aromatic rings. The van der Waals surface area contributed by atoms with E-state index in [1.165, 1.54) is 5.01 Å². The van der Waals surface area contributed by atoms with Gasteiger partial charge in [0.2, 0.25) is 0 Å². The number of fused-ring (bicyclic) bond motifs is 1. The normalized spacial score (nSPS) is 27.2. The summed E-state index contributed by atoms with van der Waals surface area (Å²) in [6, 6.07) is 5.36. The Morgan fingerprint density at radius 2 is 1.81 bits per heavy atom. The number of allylic oxidation sites excluding steroid dienone is 2. The van der Waals surface area contributed by atoms with Gasteiger partial charge < -0.3 is 25.9 Å². The second-order valence-electron chi connectivity index (χ2n) is 5.74. The largest absolute Gasteiger partial charge is 0.396 e. The minimum atomic E-state index is -0.109. The molecular weight excluding hydrogens is 330 g/mol. The van der Waals surface area contributed by atoms with Crippen molar-refractivity contribution in [2.24, 2.45) is 17.3 Å². The summed E-state index contributed by atoms with van der Waals surface area (Å²) in [5.74, 6) is 6.07. The highest BCUT2D eigenvalue weighted by atomic mass is 16.6. The highest BCUT2D eigenvalue weighted by Crippen LogP contribution is 2.28. The zero-order valence-electron chi connectivity index (χ0n) is 16.2. The van der Waals surface area contributed by atoms with E-state index in [1.807, 2.05) is 58.0 Å². The van der Waals surface area contributed by atoms with Crippen LogP contribution < -0.4 is 17.3 Å². The highest BCUT2D eigenvalue weighted by Gasteiger charge is 2.47. The summed E-state index contributed by atoms with van der Waals surface area (Å²) in [4.78, 5) is 4.18. The first kappa shape index (κ1) is 22.1. The molecule has 0 bridgehead atoms. The molecule has 2 aliphatic heterocycles. The monoisotopic (exact) mass is 363 g/mol. The Morgan fingerprint density at radius 3 is 2.38 bits per heavy atom. The molecule has 7 nitrogen and oxygen atoms in total. The van der Waals surface area contributed by atoms with Crippen LogP contribution in [0.5, 0.6) is 0 Å². The zero-order valence-corrected chi connectivity index (χ0v) is 16.2. The fourth-order valence-corrected chi connectivity index (χ4v) is 2.62. The predicted octanol–water partition coefficient (Wildman–Crippen LogP) is 1.62. The number of pyridine rings is 1. The molecule has 3 heterocycles. The maximum atomic E-state index is 6.07. The fourth-order valence-electron chi connectivity index (χ4n) is 2.62. The predicted molar refractivity (Wildman–Crippen MR) is 106 cm³/mol. The van der Waals surface area contributed by atoms with Crippen molar-refractivity contribution in [1.82, 2.24) is 9.99 Å². The van der Waals surface area contributed by atoms with E-state index in [0.717, 1.165) is 0 Å². The molecule has 0 amide bonds. The molecule has 0 aliphatic carbocycles. The second kappa shape index (κ2) is 11.6. The molecule has 0 saturated carbocycles. The van der Waals surface area contributed by atoms with Crippen LogP contribution in [0.2, 0.25) is 0 Å². The fraction of sp³-hybridized carbons (Fsp3) is 0.526. The van der Waals surface area contributed by atoms with Crippen LogP contribution in [0, 0.1) is 0 Å². The topological polar surface area (TPSA) is 113 Å². The van der Waals surface area contributed by atoms with Gasteiger partial charge in [0.05, 0.1) is 36.7 Å². The zero-order chi connectivity index (χ0) is 19.5. The number of hydrogen-bond donors (Lipinski definition) is 3. The van der Waals surface area contributed by atoms with Crippen LogP contribution in [-0.4, -0.2) is 47.5 Å². The third-order valence-electron chi connectivity index (χ3n) is 4.03. The Morgan fingerprint density at radius 1 is 1.15 bits per heavy atom. The SMILES string of the molecule is C/C=C\C.CC.N/C(=C\N(N)C1COC2C(N)COC21)c1ccccn1. The third-order valence-corrected chi connectivity index (χ3v) is 4.03. The third kappa shape index (κ3) is 5.81. The molecule has 2 fully saturated rings. The molecule has 3 rings (SSSR count). The number of nitrogens with two attached hydrogens (primary N) is 3. The van der Waals surface area contributed by atoms with Crippen molar-refractivity contribution in [3.63, 3.8) is 0 Å². The average molecular weight is 364 g/mol. The number of hydrazine groups is 1. The molecule has 0 radical (unpaired) electrons. The van der Waals surface area contributed by atoms with Gasteiger partial charge in [-0.2, -0.15) is 0 Å². The number of rotatable bonds is 3. The van der Waals surface area contributed by atoms with E-state index in [9.17, 15) is 0 Å². The lowest BCUT2D eigenvalue weighted by Crippen LogP contribution is -2.46. The van der Waals surface area contributed by atoms with E-state index in [4.69, 9.17) is 26.8 Å². The van der Waals surface area contributed by atoms with Crippen LogP contribution >= 0.6 is 0 Å². The molecule has 0 aromatic carbocycles. The molecule has 7 heteroatoms. The Bertz CT molecular complexity index is 560. The Kier molecular flexibility index (Phi) is 9.90. The van der Waals surface area contributed by atoms with E-state index in [2.05, 4.69) is 4.98 Å². The van der Waals surface area contributed by atoms with Crippen molar-refractivity contribution in [2.45, 2.75) is 52.0 Å². The molecule has 1 aromatic heterocycles. The van der Waals surface area contributed by atoms with Gasteiger partial charge in [-0.25, -0.2) is 5.84 Å². The lowest BCUT2D eigenvalue weighted by Gasteiger charge is -2.25. The quantitative estimate of drug-likeness (QED) is 0.425. The van der Waals surface area contributed by atoms with Crippen molar-refractivity contribution >= 4 is 5.70 Å². The Labute approximate surface area is 156 Å². The maximum absolute atomic E-state index is 6.07. The standard InChI is InChI=1S/C13H19N5O2.C4H8.C2H6/c14-8(10-3-1-2-4-17-10)5-18(16)11-7-20-12-9(15)6-19-13(11)12;1-3-4-2;1-2/h1-5,9,11-13H,6-7,14-16H2;3-4H,1-2H3;1-2H3/b8-5-;4-3-;. The number of ether oxygens (including phenoxy) is 2. The maximum Gasteiger partial charge on any atom is 0.109 e. The van der Waals surface area contributed by atoms with Crippen LogP contribution in [0.25, 0.3) is 5.70 Å². The van der Waals surface area contributed by atoms with Crippen LogP contribution in [0.4, 0.5) is 0 Å². The van der Waals surface area contributed by atoms with Gasteiger partial charge in [0.1, 0.15) is 12.2 Å². The molecule has 0 spiro atoms. The van der Waals surface area contributed by atoms with Gasteiger partial charge in [-0.05, 0) is 26.0 Å². The van der Waals surface area contributed by atoms with Crippen molar-refractivity contribution in [3.05, 3.63) is 48.4 Å². The first-order valence-electron chi connectivity index (χ1n) is 9.06. The summed E-state index contributed by atoms with van der Waals surface area (Å²) in [6.07, 6.45) is 7.15. The summed E-state index contributed by atoms with van der Waals surface area (Å²) < 4.78 is 11.3. The van der Waals surface area contributed by atoms with Gasteiger partial charge in [0, 0.05) is 12.4 Å². The molecule has 6 N–H and O–H groups in total. The molecule has 4 atom stereocenters. The average Bonchev–Trinajstić information content (AvgIpc) is 3.27. The van der Waals surface area contributed by atoms with E-state index in [0.29, 0.717) is 24.6 Å². The van der Waals surface area contributed by atoms with Gasteiger partial charge in [-0.1, -0.05) is 32.1 Å². The van der Waals surface area contributed by atoms with Gasteiger partial charge in [-0.15, -0.1) is 0 Å². The van der Waals surface area contributed by atoms with Gasteiger partial charge in [0.15, 0.2) is 0 Å². The van der Waals surface area contributed by atoms with Gasteiger partial charge >= 0.3 is 0 Å². The first-order valence-corrected chi connectivity index (χ1v) is 9.06. The minimum absolute atomic E-state index is 0.0872.